The van der Waals surface area contributed by atoms with E-state index in [0.29, 0.717) is 11.8 Å². The molecule has 0 fully saturated rings. The fourth-order valence-electron chi connectivity index (χ4n) is 4.18. The van der Waals surface area contributed by atoms with Crippen molar-refractivity contribution in [1.82, 2.24) is 0 Å². The summed E-state index contributed by atoms with van der Waals surface area (Å²) in [7, 11) is 0. The van der Waals surface area contributed by atoms with Crippen LogP contribution >= 0.6 is 0 Å². The van der Waals surface area contributed by atoms with Gasteiger partial charge >= 0.3 is 6.16 Å². The van der Waals surface area contributed by atoms with Gasteiger partial charge in [0.25, 0.3) is 0 Å². The van der Waals surface area contributed by atoms with Gasteiger partial charge in [-0.05, 0) is 63.2 Å². The Labute approximate surface area is 160 Å². The Hall–Kier alpha value is -1.25. The van der Waals surface area contributed by atoms with Crippen molar-refractivity contribution >= 4 is 6.16 Å². The molecule has 0 aromatic carbocycles. The van der Waals surface area contributed by atoms with Crippen molar-refractivity contribution in [3.63, 3.8) is 0 Å². The lowest BCUT2D eigenvalue weighted by Gasteiger charge is -2.31. The third-order valence-electron chi connectivity index (χ3n) is 5.85. The highest BCUT2D eigenvalue weighted by atomic mass is 16.7. The lowest BCUT2D eigenvalue weighted by atomic mass is 9.87. The predicted octanol–water partition coefficient (Wildman–Crippen LogP) is 6.97. The molecule has 0 aromatic rings. The van der Waals surface area contributed by atoms with Gasteiger partial charge in [-0.25, -0.2) is 4.79 Å². The van der Waals surface area contributed by atoms with Crippen LogP contribution < -0.4 is 0 Å². The lowest BCUT2D eigenvalue weighted by molar-refractivity contribution is -0.0390. The van der Waals surface area contributed by atoms with Crippen molar-refractivity contribution in [3.05, 3.63) is 24.3 Å². The summed E-state index contributed by atoms with van der Waals surface area (Å²) in [6.07, 6.45) is 21.4. The van der Waals surface area contributed by atoms with Gasteiger partial charge in [-0.3, -0.25) is 0 Å². The highest BCUT2D eigenvalue weighted by Gasteiger charge is 2.29. The van der Waals surface area contributed by atoms with Crippen molar-refractivity contribution in [2.75, 3.05) is 0 Å². The Morgan fingerprint density at radius 2 is 1.31 bits per heavy atom. The first-order chi connectivity index (χ1) is 12.7. The van der Waals surface area contributed by atoms with E-state index in [1.54, 1.807) is 0 Å². The zero-order valence-electron chi connectivity index (χ0n) is 16.8. The van der Waals surface area contributed by atoms with Gasteiger partial charge in [-0.1, -0.05) is 63.8 Å². The summed E-state index contributed by atoms with van der Waals surface area (Å²) in [4.78, 5) is 12.6. The molecule has 4 unspecified atom stereocenters. The fourth-order valence-corrected chi connectivity index (χ4v) is 4.18. The minimum Gasteiger partial charge on any atom is -0.431 e. The Balaban J connectivity index is 1.91. The SMILES string of the molecule is CCCCC(OC(=O)OC(CCCC)C1CC=CCC1)C1CC=CCC1. The topological polar surface area (TPSA) is 35.5 Å². The molecule has 26 heavy (non-hydrogen) atoms. The minimum absolute atomic E-state index is 0.00507. The van der Waals surface area contributed by atoms with Gasteiger partial charge in [0, 0.05) is 0 Å². The number of carbonyl (C=O) groups excluding carboxylic acids is 1. The standard InChI is InChI=1S/C23H38O3/c1-3-5-17-21(19-13-9-7-10-14-19)25-23(24)26-22(18-6-4-2)20-15-11-8-12-16-20/h7-9,11,19-22H,3-6,10,12-18H2,1-2H3. The molecule has 3 heteroatoms. The van der Waals surface area contributed by atoms with Crippen LogP contribution in [0.2, 0.25) is 0 Å². The largest absolute Gasteiger partial charge is 0.508 e. The zero-order valence-corrected chi connectivity index (χ0v) is 16.8. The molecule has 0 aliphatic heterocycles. The van der Waals surface area contributed by atoms with Gasteiger partial charge in [0.05, 0.1) is 0 Å². The number of hydrogen-bond acceptors (Lipinski definition) is 3. The van der Waals surface area contributed by atoms with Crippen LogP contribution in [0.15, 0.2) is 24.3 Å². The number of unbranched alkanes of at least 4 members (excludes halogenated alkanes) is 2. The first-order valence-corrected chi connectivity index (χ1v) is 10.9. The van der Waals surface area contributed by atoms with E-state index in [-0.39, 0.29) is 12.2 Å². The number of carbonyl (C=O) groups is 1. The van der Waals surface area contributed by atoms with E-state index in [9.17, 15) is 4.79 Å². The van der Waals surface area contributed by atoms with E-state index in [1.807, 2.05) is 0 Å². The molecule has 0 spiro atoms. The van der Waals surface area contributed by atoms with E-state index < -0.39 is 6.16 Å². The number of rotatable bonds is 10. The van der Waals surface area contributed by atoms with Crippen molar-refractivity contribution in [1.29, 1.82) is 0 Å². The molecular formula is C23H38O3. The maximum Gasteiger partial charge on any atom is 0.508 e. The van der Waals surface area contributed by atoms with Gasteiger partial charge in [-0.15, -0.1) is 0 Å². The van der Waals surface area contributed by atoms with Crippen LogP contribution in [0.25, 0.3) is 0 Å². The molecule has 0 radical (unpaired) electrons. The first-order valence-electron chi connectivity index (χ1n) is 10.9. The zero-order chi connectivity index (χ0) is 18.6. The number of allylic oxidation sites excluding steroid dienone is 4. The molecule has 148 valence electrons. The molecule has 0 bridgehead atoms. The average Bonchev–Trinajstić information content (AvgIpc) is 2.69. The molecule has 2 rings (SSSR count). The summed E-state index contributed by atoms with van der Waals surface area (Å²) in [5, 5.41) is 0. The van der Waals surface area contributed by atoms with Crippen LogP contribution in [-0.4, -0.2) is 18.4 Å². The molecule has 0 saturated heterocycles. The summed E-state index contributed by atoms with van der Waals surface area (Å²) in [5.74, 6) is 0.900. The fraction of sp³-hybridized carbons (Fsp3) is 0.783. The van der Waals surface area contributed by atoms with Crippen LogP contribution in [0, 0.1) is 11.8 Å². The molecule has 0 aromatic heterocycles. The predicted molar refractivity (Wildman–Crippen MR) is 107 cm³/mol. The van der Waals surface area contributed by atoms with E-state index in [4.69, 9.17) is 9.47 Å². The molecule has 0 N–H and O–H groups in total. The summed E-state index contributed by atoms with van der Waals surface area (Å²) in [6, 6.07) is 0. The molecular weight excluding hydrogens is 324 g/mol. The Morgan fingerprint density at radius 1 is 0.846 bits per heavy atom. The van der Waals surface area contributed by atoms with E-state index >= 15 is 0 Å². The van der Waals surface area contributed by atoms with Gasteiger partial charge in [-0.2, -0.15) is 0 Å². The Kier molecular flexibility index (Phi) is 9.87. The average molecular weight is 363 g/mol. The van der Waals surface area contributed by atoms with Crippen LogP contribution in [0.3, 0.4) is 0 Å². The molecule has 0 amide bonds. The third-order valence-corrected chi connectivity index (χ3v) is 5.85. The lowest BCUT2D eigenvalue weighted by Crippen LogP contribution is -2.33. The van der Waals surface area contributed by atoms with Crippen LogP contribution in [0.1, 0.15) is 90.9 Å². The molecule has 0 saturated carbocycles. The van der Waals surface area contributed by atoms with E-state index in [1.165, 1.54) is 0 Å². The normalized spacial score (nSPS) is 24.8. The summed E-state index contributed by atoms with van der Waals surface area (Å²) >= 11 is 0. The summed E-state index contributed by atoms with van der Waals surface area (Å²) in [6.45, 7) is 4.38. The maximum atomic E-state index is 12.6. The van der Waals surface area contributed by atoms with Crippen molar-refractivity contribution in [2.24, 2.45) is 11.8 Å². The molecule has 2 aliphatic rings. The molecule has 2 aliphatic carbocycles. The highest BCUT2D eigenvalue weighted by molar-refractivity contribution is 5.60. The second-order valence-corrected chi connectivity index (χ2v) is 7.94. The summed E-state index contributed by atoms with van der Waals surface area (Å²) < 4.78 is 11.8. The second kappa shape index (κ2) is 12.2. The van der Waals surface area contributed by atoms with Crippen molar-refractivity contribution in [2.45, 2.75) is 103 Å². The van der Waals surface area contributed by atoms with E-state index in [2.05, 4.69) is 38.2 Å². The van der Waals surface area contributed by atoms with Crippen molar-refractivity contribution < 1.29 is 14.3 Å². The molecule has 3 nitrogen and oxygen atoms in total. The van der Waals surface area contributed by atoms with Gasteiger partial charge < -0.3 is 9.47 Å². The summed E-state index contributed by atoms with van der Waals surface area (Å²) in [5.41, 5.74) is 0. The molecule has 4 atom stereocenters. The molecule has 0 heterocycles. The van der Waals surface area contributed by atoms with Crippen LogP contribution in [0.4, 0.5) is 4.79 Å². The maximum absolute atomic E-state index is 12.6. The Morgan fingerprint density at radius 3 is 1.65 bits per heavy atom. The highest BCUT2D eigenvalue weighted by Crippen LogP contribution is 2.30. The second-order valence-electron chi connectivity index (χ2n) is 7.94. The number of ether oxygens (including phenoxy) is 2. The van der Waals surface area contributed by atoms with Crippen LogP contribution in [0.5, 0.6) is 0 Å². The van der Waals surface area contributed by atoms with Gasteiger partial charge in [0.15, 0.2) is 0 Å². The first kappa shape index (κ1) is 21.1. The van der Waals surface area contributed by atoms with Crippen LogP contribution in [-0.2, 0) is 9.47 Å². The number of hydrogen-bond donors (Lipinski definition) is 0. The van der Waals surface area contributed by atoms with Gasteiger partial charge in [0.1, 0.15) is 12.2 Å². The Bertz CT molecular complexity index is 414. The smallest absolute Gasteiger partial charge is 0.431 e. The monoisotopic (exact) mass is 362 g/mol. The minimum atomic E-state index is -0.434. The third kappa shape index (κ3) is 7.17. The van der Waals surface area contributed by atoms with Gasteiger partial charge in [0.2, 0.25) is 0 Å². The van der Waals surface area contributed by atoms with E-state index in [0.717, 1.165) is 77.0 Å². The quantitative estimate of drug-likeness (QED) is 0.311. The van der Waals surface area contributed by atoms with Crippen molar-refractivity contribution in [3.8, 4) is 0 Å².